The molecule has 4 rings (SSSR count). The summed E-state index contributed by atoms with van der Waals surface area (Å²) >= 11 is 0. The first-order chi connectivity index (χ1) is 19.4. The van der Waals surface area contributed by atoms with Crippen LogP contribution in [0.3, 0.4) is 0 Å². The molecule has 3 aromatic rings. The Hall–Kier alpha value is -4.20. The lowest BCUT2D eigenvalue weighted by Crippen LogP contribution is -2.43. The van der Waals surface area contributed by atoms with Crippen LogP contribution in [0.2, 0.25) is 0 Å². The molecule has 1 saturated heterocycles. The van der Waals surface area contributed by atoms with Crippen LogP contribution >= 0.6 is 0 Å². The van der Waals surface area contributed by atoms with Crippen LogP contribution in [0.4, 0.5) is 0 Å². The molecule has 2 heterocycles. The minimum absolute atomic E-state index is 0.0920. The average Bonchev–Trinajstić information content (AvgIpc) is 2.99. The fourth-order valence-electron chi connectivity index (χ4n) is 5.39. The SMILES string of the molecule is COc1ccnc(C(=O)NC2CCCC(Cc3ccccc3)C(Cc3ccccc3)C(C)OC2=O)c1OC(C)=O. The fraction of sp³-hybridized carbons (Fsp3) is 0.375. The number of carbonyl (C=O) groups excluding carboxylic acids is 3. The van der Waals surface area contributed by atoms with Crippen molar-refractivity contribution >= 4 is 17.8 Å². The van der Waals surface area contributed by atoms with Crippen LogP contribution in [-0.2, 0) is 27.2 Å². The van der Waals surface area contributed by atoms with Gasteiger partial charge in [-0.3, -0.25) is 9.59 Å². The molecule has 1 N–H and O–H groups in total. The number of carbonyl (C=O) groups is 3. The molecular weight excluding hydrogens is 508 g/mol. The van der Waals surface area contributed by atoms with Crippen molar-refractivity contribution in [3.63, 3.8) is 0 Å². The molecule has 1 aliphatic heterocycles. The molecule has 0 aliphatic carbocycles. The van der Waals surface area contributed by atoms with E-state index in [1.54, 1.807) is 0 Å². The van der Waals surface area contributed by atoms with Gasteiger partial charge in [0, 0.05) is 25.1 Å². The fourth-order valence-corrected chi connectivity index (χ4v) is 5.39. The summed E-state index contributed by atoms with van der Waals surface area (Å²) in [7, 11) is 1.40. The molecule has 0 spiro atoms. The van der Waals surface area contributed by atoms with Crippen LogP contribution in [0.1, 0.15) is 54.7 Å². The van der Waals surface area contributed by atoms with Crippen LogP contribution in [0, 0.1) is 11.8 Å². The second-order valence-corrected chi connectivity index (χ2v) is 10.2. The van der Waals surface area contributed by atoms with Gasteiger partial charge < -0.3 is 19.5 Å². The molecule has 0 bridgehead atoms. The molecule has 8 heteroatoms. The summed E-state index contributed by atoms with van der Waals surface area (Å²) in [6, 6.07) is 21.2. The number of nitrogens with one attached hydrogen (secondary N) is 1. The standard InChI is InChI=1S/C32H36N2O6/c1-21-26(20-24-13-8-5-9-14-24)25(19-23-11-6-4-7-12-23)15-10-16-27(32(37)39-21)34-31(36)29-30(40-22(2)35)28(38-3)17-18-33-29/h4-9,11-14,17-18,21,25-27H,10,15-16,19-20H2,1-3H3,(H,34,36). The van der Waals surface area contributed by atoms with Gasteiger partial charge >= 0.3 is 11.9 Å². The van der Waals surface area contributed by atoms with Gasteiger partial charge in [0.25, 0.3) is 5.91 Å². The van der Waals surface area contributed by atoms with Gasteiger partial charge in [0.2, 0.25) is 5.75 Å². The molecule has 1 fully saturated rings. The van der Waals surface area contributed by atoms with E-state index in [-0.39, 0.29) is 35.1 Å². The maximum Gasteiger partial charge on any atom is 0.328 e. The Kier molecular flexibility index (Phi) is 9.89. The molecule has 1 aliphatic rings. The second-order valence-electron chi connectivity index (χ2n) is 10.2. The van der Waals surface area contributed by atoms with Crippen molar-refractivity contribution in [1.29, 1.82) is 0 Å². The third kappa shape index (κ3) is 7.46. The van der Waals surface area contributed by atoms with E-state index in [0.29, 0.717) is 6.42 Å². The van der Waals surface area contributed by atoms with E-state index in [2.05, 4.69) is 34.6 Å². The van der Waals surface area contributed by atoms with E-state index < -0.39 is 23.9 Å². The lowest BCUT2D eigenvalue weighted by Gasteiger charge is -2.31. The number of hydrogen-bond acceptors (Lipinski definition) is 7. The first kappa shape index (κ1) is 28.8. The van der Waals surface area contributed by atoms with E-state index >= 15 is 0 Å². The Bertz CT molecular complexity index is 1300. The molecule has 4 atom stereocenters. The number of cyclic esters (lactones) is 1. The molecule has 1 amide bonds. The summed E-state index contributed by atoms with van der Waals surface area (Å²) in [6.45, 7) is 3.17. The molecule has 0 saturated carbocycles. The maximum atomic E-state index is 13.4. The first-order valence-electron chi connectivity index (χ1n) is 13.7. The number of ether oxygens (including phenoxy) is 3. The normalized spacial score (nSPS) is 21.2. The molecule has 1 aromatic heterocycles. The zero-order valence-electron chi connectivity index (χ0n) is 23.2. The van der Waals surface area contributed by atoms with Crippen LogP contribution < -0.4 is 14.8 Å². The number of nitrogens with zero attached hydrogens (tertiary/aromatic N) is 1. The summed E-state index contributed by atoms with van der Waals surface area (Å²) < 4.78 is 16.5. The molecule has 40 heavy (non-hydrogen) atoms. The van der Waals surface area contributed by atoms with Crippen molar-refractivity contribution in [2.75, 3.05) is 7.11 Å². The van der Waals surface area contributed by atoms with Gasteiger partial charge in [-0.1, -0.05) is 67.1 Å². The van der Waals surface area contributed by atoms with Crippen molar-refractivity contribution in [3.05, 3.63) is 89.7 Å². The highest BCUT2D eigenvalue weighted by molar-refractivity contribution is 5.98. The summed E-state index contributed by atoms with van der Waals surface area (Å²) in [6.07, 6.45) is 4.67. The molecule has 2 aromatic carbocycles. The third-order valence-corrected chi connectivity index (χ3v) is 7.37. The van der Waals surface area contributed by atoms with Gasteiger partial charge in [0.05, 0.1) is 7.11 Å². The Morgan fingerprint density at radius 2 is 1.62 bits per heavy atom. The summed E-state index contributed by atoms with van der Waals surface area (Å²) in [5.74, 6) is -1.29. The van der Waals surface area contributed by atoms with Gasteiger partial charge in [0.15, 0.2) is 11.4 Å². The number of esters is 2. The number of rotatable bonds is 8. The molecule has 8 nitrogen and oxygen atoms in total. The van der Waals surface area contributed by atoms with Gasteiger partial charge in [-0.25, -0.2) is 9.78 Å². The molecule has 210 valence electrons. The van der Waals surface area contributed by atoms with Crippen molar-refractivity contribution in [2.24, 2.45) is 11.8 Å². The Morgan fingerprint density at radius 1 is 0.975 bits per heavy atom. The largest absolute Gasteiger partial charge is 0.493 e. The highest BCUT2D eigenvalue weighted by Crippen LogP contribution is 2.33. The lowest BCUT2D eigenvalue weighted by atomic mass is 9.77. The number of aromatic nitrogens is 1. The van der Waals surface area contributed by atoms with Crippen molar-refractivity contribution < 1.29 is 28.6 Å². The number of methoxy groups -OCH3 is 1. The van der Waals surface area contributed by atoms with Crippen LogP contribution in [0.25, 0.3) is 0 Å². The lowest BCUT2D eigenvalue weighted by molar-refractivity contribution is -0.153. The van der Waals surface area contributed by atoms with Crippen molar-refractivity contribution in [1.82, 2.24) is 10.3 Å². The van der Waals surface area contributed by atoms with E-state index in [1.165, 1.54) is 37.4 Å². The topological polar surface area (TPSA) is 104 Å². The van der Waals surface area contributed by atoms with Gasteiger partial charge in [-0.15, -0.1) is 0 Å². The highest BCUT2D eigenvalue weighted by atomic mass is 16.6. The predicted molar refractivity (Wildman–Crippen MR) is 150 cm³/mol. The Morgan fingerprint density at radius 3 is 2.25 bits per heavy atom. The summed E-state index contributed by atoms with van der Waals surface area (Å²) in [5.41, 5.74) is 2.30. The smallest absolute Gasteiger partial charge is 0.328 e. The van der Waals surface area contributed by atoms with E-state index in [0.717, 1.165) is 25.7 Å². The van der Waals surface area contributed by atoms with Crippen LogP contribution in [0.15, 0.2) is 72.9 Å². The van der Waals surface area contributed by atoms with Gasteiger partial charge in [0.1, 0.15) is 12.1 Å². The third-order valence-electron chi connectivity index (χ3n) is 7.37. The number of hydrogen-bond donors (Lipinski definition) is 1. The number of amides is 1. The zero-order chi connectivity index (χ0) is 28.5. The summed E-state index contributed by atoms with van der Waals surface area (Å²) in [4.78, 5) is 42.4. The van der Waals surface area contributed by atoms with Crippen molar-refractivity contribution in [2.45, 2.75) is 58.1 Å². The number of pyridine rings is 1. The Balaban J connectivity index is 1.56. The second kappa shape index (κ2) is 13.7. The average molecular weight is 545 g/mol. The molecular formula is C32H36N2O6. The van der Waals surface area contributed by atoms with E-state index in [9.17, 15) is 14.4 Å². The van der Waals surface area contributed by atoms with Gasteiger partial charge in [-0.05, 0) is 49.7 Å². The van der Waals surface area contributed by atoms with Crippen LogP contribution in [-0.4, -0.2) is 42.1 Å². The highest BCUT2D eigenvalue weighted by Gasteiger charge is 2.35. The predicted octanol–water partition coefficient (Wildman–Crippen LogP) is 4.95. The minimum atomic E-state index is -0.874. The van der Waals surface area contributed by atoms with Crippen molar-refractivity contribution in [3.8, 4) is 11.5 Å². The van der Waals surface area contributed by atoms with E-state index in [4.69, 9.17) is 14.2 Å². The van der Waals surface area contributed by atoms with Gasteiger partial charge in [-0.2, -0.15) is 0 Å². The molecule has 4 unspecified atom stereocenters. The first-order valence-corrected chi connectivity index (χ1v) is 13.7. The van der Waals surface area contributed by atoms with Crippen LogP contribution in [0.5, 0.6) is 11.5 Å². The minimum Gasteiger partial charge on any atom is -0.493 e. The number of benzene rings is 2. The quantitative estimate of drug-likeness (QED) is 0.400. The monoisotopic (exact) mass is 544 g/mol. The Labute approximate surface area is 235 Å². The zero-order valence-corrected chi connectivity index (χ0v) is 23.2. The molecule has 0 radical (unpaired) electrons. The summed E-state index contributed by atoms with van der Waals surface area (Å²) in [5, 5.41) is 2.77. The maximum absolute atomic E-state index is 13.4. The van der Waals surface area contributed by atoms with E-state index in [1.807, 2.05) is 43.3 Å².